The number of aryl methyl sites for hydroxylation is 1. The Morgan fingerprint density at radius 3 is 3.00 bits per heavy atom. The SMILES string of the molecule is CCC1(C)CN(c2ccnc3ccc(C)cc23)CCO1. The van der Waals surface area contributed by atoms with Crippen LogP contribution in [-0.2, 0) is 4.74 Å². The van der Waals surface area contributed by atoms with E-state index >= 15 is 0 Å². The molecule has 1 aliphatic rings. The lowest BCUT2D eigenvalue weighted by atomic mass is 10.00. The molecule has 1 unspecified atom stereocenters. The second-order valence-electron chi connectivity index (χ2n) is 5.92. The Morgan fingerprint density at radius 2 is 2.20 bits per heavy atom. The van der Waals surface area contributed by atoms with Crippen LogP contribution in [0, 0.1) is 6.92 Å². The average molecular weight is 270 g/mol. The standard InChI is InChI=1S/C17H22N2O/c1-4-17(3)12-19(9-10-20-17)16-7-8-18-15-6-5-13(2)11-14(15)16/h5-8,11H,4,9-10,12H2,1-3H3. The van der Waals surface area contributed by atoms with Gasteiger partial charge in [-0.1, -0.05) is 18.6 Å². The number of nitrogens with zero attached hydrogens (tertiary/aromatic N) is 2. The summed E-state index contributed by atoms with van der Waals surface area (Å²) in [6, 6.07) is 8.59. The fourth-order valence-corrected chi connectivity index (χ4v) is 2.87. The van der Waals surface area contributed by atoms with Crippen molar-refractivity contribution in [2.75, 3.05) is 24.6 Å². The quantitative estimate of drug-likeness (QED) is 0.834. The zero-order chi connectivity index (χ0) is 14.2. The predicted octanol–water partition coefficient (Wildman–Crippen LogP) is 3.55. The minimum Gasteiger partial charge on any atom is -0.372 e. The molecule has 3 heteroatoms. The number of pyridine rings is 1. The van der Waals surface area contributed by atoms with E-state index in [2.05, 4.69) is 54.9 Å². The molecule has 1 aromatic heterocycles. The van der Waals surface area contributed by atoms with Gasteiger partial charge in [0.25, 0.3) is 0 Å². The van der Waals surface area contributed by atoms with Crippen molar-refractivity contribution in [2.24, 2.45) is 0 Å². The molecule has 0 radical (unpaired) electrons. The molecule has 2 aromatic rings. The van der Waals surface area contributed by atoms with Crippen LogP contribution in [0.25, 0.3) is 10.9 Å². The molecule has 0 bridgehead atoms. The van der Waals surface area contributed by atoms with E-state index in [0.717, 1.165) is 31.6 Å². The van der Waals surface area contributed by atoms with E-state index in [-0.39, 0.29) is 5.60 Å². The Hall–Kier alpha value is -1.61. The predicted molar refractivity (Wildman–Crippen MR) is 83.3 cm³/mol. The highest BCUT2D eigenvalue weighted by atomic mass is 16.5. The molecule has 0 saturated carbocycles. The first-order valence-electron chi connectivity index (χ1n) is 7.35. The maximum atomic E-state index is 5.94. The van der Waals surface area contributed by atoms with Gasteiger partial charge in [0, 0.05) is 30.4 Å². The zero-order valence-electron chi connectivity index (χ0n) is 12.5. The second-order valence-corrected chi connectivity index (χ2v) is 5.92. The Kier molecular flexibility index (Phi) is 3.38. The van der Waals surface area contributed by atoms with Gasteiger partial charge in [-0.05, 0) is 38.5 Å². The monoisotopic (exact) mass is 270 g/mol. The summed E-state index contributed by atoms with van der Waals surface area (Å²) in [7, 11) is 0. The molecular formula is C17H22N2O. The van der Waals surface area contributed by atoms with Crippen LogP contribution < -0.4 is 4.90 Å². The van der Waals surface area contributed by atoms with Crippen molar-refractivity contribution in [3.8, 4) is 0 Å². The van der Waals surface area contributed by atoms with E-state index in [9.17, 15) is 0 Å². The number of fused-ring (bicyclic) bond motifs is 1. The number of ether oxygens (including phenoxy) is 1. The largest absolute Gasteiger partial charge is 0.372 e. The van der Waals surface area contributed by atoms with Crippen LogP contribution >= 0.6 is 0 Å². The van der Waals surface area contributed by atoms with Gasteiger partial charge in [0.1, 0.15) is 0 Å². The summed E-state index contributed by atoms with van der Waals surface area (Å²) in [6.45, 7) is 9.21. The third-order valence-corrected chi connectivity index (χ3v) is 4.30. The Morgan fingerprint density at radius 1 is 1.35 bits per heavy atom. The van der Waals surface area contributed by atoms with Crippen LogP contribution in [0.1, 0.15) is 25.8 Å². The average Bonchev–Trinajstić information content (AvgIpc) is 2.46. The first kappa shape index (κ1) is 13.4. The molecule has 1 saturated heterocycles. The Balaban J connectivity index is 2.03. The normalized spacial score (nSPS) is 23.2. The lowest BCUT2D eigenvalue weighted by Gasteiger charge is -2.41. The highest BCUT2D eigenvalue weighted by Crippen LogP contribution is 2.30. The van der Waals surface area contributed by atoms with Crippen molar-refractivity contribution in [1.82, 2.24) is 4.98 Å². The maximum absolute atomic E-state index is 5.94. The lowest BCUT2D eigenvalue weighted by molar-refractivity contribution is -0.0440. The molecule has 106 valence electrons. The first-order chi connectivity index (χ1) is 9.61. The van der Waals surface area contributed by atoms with E-state index in [1.165, 1.54) is 16.6 Å². The minimum absolute atomic E-state index is 0.0440. The number of hydrogen-bond acceptors (Lipinski definition) is 3. The highest BCUT2D eigenvalue weighted by molar-refractivity contribution is 5.92. The van der Waals surface area contributed by atoms with E-state index in [1.54, 1.807) is 0 Å². The number of hydrogen-bond donors (Lipinski definition) is 0. The van der Waals surface area contributed by atoms with Crippen LogP contribution in [0.3, 0.4) is 0 Å². The molecule has 1 aromatic carbocycles. The fraction of sp³-hybridized carbons (Fsp3) is 0.471. The van der Waals surface area contributed by atoms with Crippen molar-refractivity contribution in [2.45, 2.75) is 32.8 Å². The van der Waals surface area contributed by atoms with Gasteiger partial charge < -0.3 is 9.64 Å². The lowest BCUT2D eigenvalue weighted by Crippen LogP contribution is -2.49. The summed E-state index contributed by atoms with van der Waals surface area (Å²) < 4.78 is 5.94. The van der Waals surface area contributed by atoms with E-state index < -0.39 is 0 Å². The van der Waals surface area contributed by atoms with Gasteiger partial charge >= 0.3 is 0 Å². The number of aromatic nitrogens is 1. The highest BCUT2D eigenvalue weighted by Gasteiger charge is 2.30. The van der Waals surface area contributed by atoms with E-state index in [0.29, 0.717) is 0 Å². The topological polar surface area (TPSA) is 25.4 Å². The Bertz CT molecular complexity index is 625. The third-order valence-electron chi connectivity index (χ3n) is 4.30. The molecule has 3 nitrogen and oxygen atoms in total. The molecule has 0 amide bonds. The van der Waals surface area contributed by atoms with Crippen molar-refractivity contribution in [1.29, 1.82) is 0 Å². The summed E-state index contributed by atoms with van der Waals surface area (Å²) in [4.78, 5) is 6.92. The fourth-order valence-electron chi connectivity index (χ4n) is 2.87. The molecule has 0 N–H and O–H groups in total. The van der Waals surface area contributed by atoms with Crippen LogP contribution in [0.15, 0.2) is 30.5 Å². The number of morpholine rings is 1. The van der Waals surface area contributed by atoms with E-state index in [1.807, 2.05) is 6.20 Å². The molecule has 0 aliphatic carbocycles. The summed E-state index contributed by atoms with van der Waals surface area (Å²) in [5, 5.41) is 1.24. The molecule has 0 spiro atoms. The van der Waals surface area contributed by atoms with Crippen molar-refractivity contribution < 1.29 is 4.74 Å². The first-order valence-corrected chi connectivity index (χ1v) is 7.35. The third kappa shape index (κ3) is 2.38. The second kappa shape index (κ2) is 5.06. The Labute approximate surface area is 120 Å². The molecule has 3 rings (SSSR count). The maximum Gasteiger partial charge on any atom is 0.0826 e. The van der Waals surface area contributed by atoms with Crippen LogP contribution in [0.4, 0.5) is 5.69 Å². The molecule has 1 atom stereocenters. The van der Waals surface area contributed by atoms with Gasteiger partial charge in [0.05, 0.1) is 17.7 Å². The zero-order valence-corrected chi connectivity index (χ0v) is 12.5. The van der Waals surface area contributed by atoms with Crippen molar-refractivity contribution >= 4 is 16.6 Å². The van der Waals surface area contributed by atoms with Crippen molar-refractivity contribution in [3.05, 3.63) is 36.0 Å². The molecule has 2 heterocycles. The van der Waals surface area contributed by atoms with Gasteiger partial charge in [-0.15, -0.1) is 0 Å². The minimum atomic E-state index is -0.0440. The van der Waals surface area contributed by atoms with Crippen LogP contribution in [-0.4, -0.2) is 30.3 Å². The molecular weight excluding hydrogens is 248 g/mol. The van der Waals surface area contributed by atoms with Gasteiger partial charge in [-0.2, -0.15) is 0 Å². The molecule has 20 heavy (non-hydrogen) atoms. The number of rotatable bonds is 2. The molecule has 1 fully saturated rings. The summed E-state index contributed by atoms with van der Waals surface area (Å²) in [5.74, 6) is 0. The van der Waals surface area contributed by atoms with Gasteiger partial charge in [0.2, 0.25) is 0 Å². The van der Waals surface area contributed by atoms with Crippen LogP contribution in [0.5, 0.6) is 0 Å². The van der Waals surface area contributed by atoms with Gasteiger partial charge in [-0.25, -0.2) is 0 Å². The van der Waals surface area contributed by atoms with Crippen LogP contribution in [0.2, 0.25) is 0 Å². The van der Waals surface area contributed by atoms with E-state index in [4.69, 9.17) is 4.74 Å². The smallest absolute Gasteiger partial charge is 0.0826 e. The molecule has 1 aliphatic heterocycles. The summed E-state index contributed by atoms with van der Waals surface area (Å²) in [6.07, 6.45) is 2.94. The van der Waals surface area contributed by atoms with Gasteiger partial charge in [0.15, 0.2) is 0 Å². The summed E-state index contributed by atoms with van der Waals surface area (Å²) >= 11 is 0. The number of anilines is 1. The number of benzene rings is 1. The van der Waals surface area contributed by atoms with Gasteiger partial charge in [-0.3, -0.25) is 4.98 Å². The van der Waals surface area contributed by atoms with Crippen molar-refractivity contribution in [3.63, 3.8) is 0 Å². The summed E-state index contributed by atoms with van der Waals surface area (Å²) in [5.41, 5.74) is 3.58.